The number of methoxy groups -OCH3 is 1. The maximum atomic E-state index is 13.2. The average Bonchev–Trinajstić information content (AvgIpc) is 2.84. The highest BCUT2D eigenvalue weighted by Crippen LogP contribution is 2.23. The Balaban J connectivity index is 2.12. The van der Waals surface area contributed by atoms with Crippen LogP contribution in [-0.4, -0.2) is 64.7 Å². The standard InChI is InChI=1S/C25H35N3O6S/c1-6-34-23-15-11-21(12-16-23)28(35(5,31)32)17-7-8-24(29)27(19(2)25(30)26-3)18-20-9-13-22(33-4)14-10-20/h9-16,19H,6-8,17-18H2,1-5H3,(H,26,30). The summed E-state index contributed by atoms with van der Waals surface area (Å²) in [5.74, 6) is 0.828. The summed E-state index contributed by atoms with van der Waals surface area (Å²) in [4.78, 5) is 27.0. The van der Waals surface area contributed by atoms with E-state index in [4.69, 9.17) is 9.47 Å². The van der Waals surface area contributed by atoms with Crippen LogP contribution in [-0.2, 0) is 26.2 Å². The molecule has 1 unspecified atom stereocenters. The largest absolute Gasteiger partial charge is 0.497 e. The summed E-state index contributed by atoms with van der Waals surface area (Å²) in [5.41, 5.74) is 1.35. The molecular weight excluding hydrogens is 470 g/mol. The summed E-state index contributed by atoms with van der Waals surface area (Å²) >= 11 is 0. The molecule has 1 N–H and O–H groups in total. The summed E-state index contributed by atoms with van der Waals surface area (Å²) in [6.45, 7) is 4.42. The summed E-state index contributed by atoms with van der Waals surface area (Å²) in [7, 11) is -0.460. The third-order valence-electron chi connectivity index (χ3n) is 5.51. The molecule has 0 bridgehead atoms. The molecule has 0 saturated carbocycles. The molecule has 35 heavy (non-hydrogen) atoms. The fourth-order valence-electron chi connectivity index (χ4n) is 3.60. The third kappa shape index (κ3) is 8.17. The van der Waals surface area contributed by atoms with Gasteiger partial charge in [-0.05, 0) is 62.2 Å². The lowest BCUT2D eigenvalue weighted by molar-refractivity contribution is -0.140. The second-order valence-corrected chi connectivity index (χ2v) is 9.93. The first-order valence-corrected chi connectivity index (χ1v) is 13.3. The third-order valence-corrected chi connectivity index (χ3v) is 6.71. The SMILES string of the molecule is CCOc1ccc(N(CCCC(=O)N(Cc2ccc(OC)cc2)C(C)C(=O)NC)S(C)(=O)=O)cc1. The van der Waals surface area contributed by atoms with E-state index in [1.54, 1.807) is 50.4 Å². The molecule has 2 aromatic rings. The first-order valence-electron chi connectivity index (χ1n) is 11.4. The highest BCUT2D eigenvalue weighted by Gasteiger charge is 2.26. The van der Waals surface area contributed by atoms with Gasteiger partial charge in [-0.2, -0.15) is 0 Å². The van der Waals surface area contributed by atoms with Crippen molar-refractivity contribution in [1.29, 1.82) is 0 Å². The number of rotatable bonds is 13. The van der Waals surface area contributed by atoms with Gasteiger partial charge in [0, 0.05) is 26.6 Å². The van der Waals surface area contributed by atoms with Gasteiger partial charge >= 0.3 is 0 Å². The zero-order chi connectivity index (χ0) is 26.0. The number of anilines is 1. The summed E-state index contributed by atoms with van der Waals surface area (Å²) in [6, 6.07) is 13.4. The quantitative estimate of drug-likeness (QED) is 0.449. The van der Waals surface area contributed by atoms with Gasteiger partial charge in [-0.15, -0.1) is 0 Å². The predicted molar refractivity (Wildman–Crippen MR) is 136 cm³/mol. The van der Waals surface area contributed by atoms with Gasteiger partial charge in [0.1, 0.15) is 17.5 Å². The van der Waals surface area contributed by atoms with Crippen LogP contribution in [0.4, 0.5) is 5.69 Å². The first-order chi connectivity index (χ1) is 16.6. The molecule has 2 aromatic carbocycles. The number of amides is 2. The van der Waals surface area contributed by atoms with E-state index in [1.165, 1.54) is 16.3 Å². The maximum absolute atomic E-state index is 13.2. The van der Waals surface area contributed by atoms with E-state index in [0.29, 0.717) is 30.2 Å². The van der Waals surface area contributed by atoms with Crippen molar-refractivity contribution in [3.05, 3.63) is 54.1 Å². The molecule has 2 amide bonds. The lowest BCUT2D eigenvalue weighted by Gasteiger charge is -2.29. The molecule has 1 atom stereocenters. The number of ether oxygens (including phenoxy) is 2. The highest BCUT2D eigenvalue weighted by atomic mass is 32.2. The van der Waals surface area contributed by atoms with Gasteiger partial charge in [-0.25, -0.2) is 8.42 Å². The van der Waals surface area contributed by atoms with Crippen LogP contribution in [0.5, 0.6) is 11.5 Å². The van der Waals surface area contributed by atoms with Crippen LogP contribution in [0.3, 0.4) is 0 Å². The van der Waals surface area contributed by atoms with Crippen LogP contribution >= 0.6 is 0 Å². The van der Waals surface area contributed by atoms with E-state index in [0.717, 1.165) is 11.8 Å². The minimum Gasteiger partial charge on any atom is -0.497 e. The number of hydrogen-bond donors (Lipinski definition) is 1. The van der Waals surface area contributed by atoms with Gasteiger partial charge in [0.25, 0.3) is 0 Å². The molecule has 0 fully saturated rings. The van der Waals surface area contributed by atoms with Crippen LogP contribution in [0.15, 0.2) is 48.5 Å². The number of carbonyl (C=O) groups excluding carboxylic acids is 2. The van der Waals surface area contributed by atoms with Gasteiger partial charge in [0.2, 0.25) is 21.8 Å². The molecule has 0 aliphatic rings. The fraction of sp³-hybridized carbons (Fsp3) is 0.440. The molecule has 2 rings (SSSR count). The second-order valence-electron chi connectivity index (χ2n) is 8.03. The van der Waals surface area contributed by atoms with Crippen molar-refractivity contribution < 1.29 is 27.5 Å². The summed E-state index contributed by atoms with van der Waals surface area (Å²) in [6.07, 6.45) is 1.51. The fourth-order valence-corrected chi connectivity index (χ4v) is 4.56. The Bertz CT molecular complexity index is 1070. The Hall–Kier alpha value is -3.27. The molecule has 0 heterocycles. The molecular formula is C25H35N3O6S. The zero-order valence-corrected chi connectivity index (χ0v) is 21.8. The number of carbonyl (C=O) groups is 2. The molecule has 10 heteroatoms. The average molecular weight is 506 g/mol. The van der Waals surface area contributed by atoms with E-state index < -0.39 is 16.1 Å². The second kappa shape index (κ2) is 13.0. The van der Waals surface area contributed by atoms with Crippen LogP contribution in [0.25, 0.3) is 0 Å². The van der Waals surface area contributed by atoms with Gasteiger partial charge in [-0.3, -0.25) is 13.9 Å². The Morgan fingerprint density at radius 1 is 1.03 bits per heavy atom. The highest BCUT2D eigenvalue weighted by molar-refractivity contribution is 7.92. The molecule has 0 aliphatic heterocycles. The van der Waals surface area contributed by atoms with Gasteiger partial charge in [0.15, 0.2) is 0 Å². The van der Waals surface area contributed by atoms with Crippen molar-refractivity contribution in [3.8, 4) is 11.5 Å². The molecule has 0 radical (unpaired) electrons. The van der Waals surface area contributed by atoms with Crippen molar-refractivity contribution in [3.63, 3.8) is 0 Å². The monoisotopic (exact) mass is 505 g/mol. The van der Waals surface area contributed by atoms with Gasteiger partial charge < -0.3 is 19.7 Å². The number of benzene rings is 2. The summed E-state index contributed by atoms with van der Waals surface area (Å²) < 4.78 is 36.7. The molecule has 9 nitrogen and oxygen atoms in total. The van der Waals surface area contributed by atoms with Crippen molar-refractivity contribution in [2.24, 2.45) is 0 Å². The topological polar surface area (TPSA) is 105 Å². The minimum atomic E-state index is -3.56. The predicted octanol–water partition coefficient (Wildman–Crippen LogP) is 2.80. The van der Waals surface area contributed by atoms with Crippen molar-refractivity contribution in [1.82, 2.24) is 10.2 Å². The van der Waals surface area contributed by atoms with E-state index in [1.807, 2.05) is 19.1 Å². The number of hydrogen-bond acceptors (Lipinski definition) is 6. The Labute approximate surface area is 208 Å². The van der Waals surface area contributed by atoms with E-state index >= 15 is 0 Å². The molecule has 0 spiro atoms. The Kier molecular flexibility index (Phi) is 10.4. The zero-order valence-electron chi connectivity index (χ0n) is 21.0. The lowest BCUT2D eigenvalue weighted by Crippen LogP contribution is -2.46. The first kappa shape index (κ1) is 28.0. The van der Waals surface area contributed by atoms with E-state index in [2.05, 4.69) is 5.32 Å². The van der Waals surface area contributed by atoms with E-state index in [9.17, 15) is 18.0 Å². The smallest absolute Gasteiger partial charge is 0.242 e. The normalized spacial score (nSPS) is 11.9. The number of sulfonamides is 1. The van der Waals surface area contributed by atoms with Crippen molar-refractivity contribution >= 4 is 27.5 Å². The minimum absolute atomic E-state index is 0.0839. The lowest BCUT2D eigenvalue weighted by atomic mass is 10.1. The molecule has 192 valence electrons. The van der Waals surface area contributed by atoms with Crippen LogP contribution < -0.4 is 19.1 Å². The van der Waals surface area contributed by atoms with Gasteiger partial charge in [0.05, 0.1) is 25.7 Å². The molecule has 0 aliphatic carbocycles. The Morgan fingerprint density at radius 2 is 1.63 bits per heavy atom. The summed E-state index contributed by atoms with van der Waals surface area (Å²) in [5, 5.41) is 2.58. The van der Waals surface area contributed by atoms with E-state index in [-0.39, 0.29) is 31.3 Å². The number of nitrogens with one attached hydrogen (secondary N) is 1. The molecule has 0 aromatic heterocycles. The Morgan fingerprint density at radius 3 is 2.14 bits per heavy atom. The van der Waals surface area contributed by atoms with Crippen LogP contribution in [0.1, 0.15) is 32.3 Å². The maximum Gasteiger partial charge on any atom is 0.242 e. The van der Waals surface area contributed by atoms with Gasteiger partial charge in [-0.1, -0.05) is 12.1 Å². The van der Waals surface area contributed by atoms with Crippen LogP contribution in [0.2, 0.25) is 0 Å². The number of likely N-dealkylation sites (N-methyl/N-ethyl adjacent to an activating group) is 1. The van der Waals surface area contributed by atoms with Crippen molar-refractivity contribution in [2.75, 3.05) is 37.9 Å². The molecule has 0 saturated heterocycles. The van der Waals surface area contributed by atoms with Crippen molar-refractivity contribution in [2.45, 2.75) is 39.3 Å². The van der Waals surface area contributed by atoms with Crippen LogP contribution in [0, 0.1) is 0 Å². The number of nitrogens with zero attached hydrogens (tertiary/aromatic N) is 2.